The second kappa shape index (κ2) is 8.11. The van der Waals surface area contributed by atoms with E-state index in [-0.39, 0.29) is 16.8 Å². The zero-order valence-corrected chi connectivity index (χ0v) is 20.4. The van der Waals surface area contributed by atoms with Crippen molar-refractivity contribution in [3.63, 3.8) is 0 Å². The molecule has 186 valence electrons. The van der Waals surface area contributed by atoms with E-state index in [0.717, 1.165) is 10.5 Å². The molecule has 2 fully saturated rings. The van der Waals surface area contributed by atoms with E-state index in [0.29, 0.717) is 17.1 Å². The quantitative estimate of drug-likeness (QED) is 0.400. The molecule has 3 aromatic rings. The van der Waals surface area contributed by atoms with E-state index in [9.17, 15) is 19.2 Å². The number of imide groups is 1. The van der Waals surface area contributed by atoms with E-state index in [1.807, 2.05) is 19.1 Å². The number of methoxy groups -OCH3 is 2. The summed E-state index contributed by atoms with van der Waals surface area (Å²) in [7, 11) is 2.94. The number of hydrogen-bond donors (Lipinski definition) is 0. The zero-order chi connectivity index (χ0) is 26.1. The van der Waals surface area contributed by atoms with Gasteiger partial charge < -0.3 is 14.2 Å². The molecule has 2 heterocycles. The molecule has 8 heteroatoms. The van der Waals surface area contributed by atoms with Crippen LogP contribution in [-0.2, 0) is 14.3 Å². The van der Waals surface area contributed by atoms with Crippen molar-refractivity contribution >= 4 is 29.1 Å². The maximum Gasteiger partial charge on any atom is 0.241 e. The molecule has 37 heavy (non-hydrogen) atoms. The fourth-order valence-electron chi connectivity index (χ4n) is 5.92. The predicted octanol–water partition coefficient (Wildman–Crippen LogP) is 3.71. The summed E-state index contributed by atoms with van der Waals surface area (Å²) in [5.74, 6) is -3.99. The highest BCUT2D eigenvalue weighted by atomic mass is 16.5. The number of anilines is 1. The summed E-state index contributed by atoms with van der Waals surface area (Å²) in [6.45, 7) is 1.86. The number of ketones is 2. The normalized spacial score (nSPS) is 23.5. The number of fused-ring (bicyclic) bond motifs is 3. The number of rotatable bonds is 4. The van der Waals surface area contributed by atoms with Crippen LogP contribution in [0, 0.1) is 18.8 Å². The molecule has 3 aliphatic rings. The molecule has 0 unspecified atom stereocenters. The van der Waals surface area contributed by atoms with Gasteiger partial charge in [0.15, 0.2) is 11.5 Å². The van der Waals surface area contributed by atoms with Crippen LogP contribution >= 0.6 is 0 Å². The van der Waals surface area contributed by atoms with Crippen LogP contribution in [0.15, 0.2) is 66.7 Å². The minimum atomic E-state index is -2.11. The molecule has 3 aromatic carbocycles. The van der Waals surface area contributed by atoms with Crippen LogP contribution in [0.3, 0.4) is 0 Å². The predicted molar refractivity (Wildman–Crippen MR) is 132 cm³/mol. The Morgan fingerprint density at radius 2 is 1.41 bits per heavy atom. The summed E-state index contributed by atoms with van der Waals surface area (Å²) in [4.78, 5) is 56.8. The van der Waals surface area contributed by atoms with Crippen LogP contribution in [-0.4, -0.2) is 43.2 Å². The van der Waals surface area contributed by atoms with Crippen LogP contribution in [0.2, 0.25) is 0 Å². The van der Waals surface area contributed by atoms with Crippen LogP contribution in [0.4, 0.5) is 5.69 Å². The molecule has 0 aromatic heterocycles. The summed E-state index contributed by atoms with van der Waals surface area (Å²) >= 11 is 0. The number of carbonyl (C=O) groups is 4. The average Bonchev–Trinajstić information content (AvgIpc) is 3.48. The van der Waals surface area contributed by atoms with E-state index in [4.69, 9.17) is 14.2 Å². The van der Waals surface area contributed by atoms with E-state index in [2.05, 4.69) is 0 Å². The molecule has 1 spiro atoms. The molecule has 1 aliphatic carbocycles. The number of ether oxygens (including phenoxy) is 3. The molecular weight excluding hydrogens is 474 g/mol. The molecule has 6 rings (SSSR count). The van der Waals surface area contributed by atoms with E-state index in [1.165, 1.54) is 20.3 Å². The first kappa shape index (κ1) is 23.1. The van der Waals surface area contributed by atoms with Gasteiger partial charge in [0.05, 0.1) is 37.8 Å². The second-order valence-corrected chi connectivity index (χ2v) is 9.39. The first-order valence-electron chi connectivity index (χ1n) is 11.9. The van der Waals surface area contributed by atoms with Gasteiger partial charge in [-0.3, -0.25) is 19.2 Å². The Hall–Kier alpha value is -4.30. The lowest BCUT2D eigenvalue weighted by Gasteiger charge is -2.27. The van der Waals surface area contributed by atoms with Gasteiger partial charge in [0.2, 0.25) is 29.0 Å². The fraction of sp³-hybridized carbons (Fsp3) is 0.241. The van der Waals surface area contributed by atoms with Crippen LogP contribution in [0.25, 0.3) is 0 Å². The van der Waals surface area contributed by atoms with Crippen molar-refractivity contribution in [3.05, 3.63) is 89.0 Å². The smallest absolute Gasteiger partial charge is 0.241 e. The molecule has 0 bridgehead atoms. The van der Waals surface area contributed by atoms with Crippen molar-refractivity contribution in [2.75, 3.05) is 19.1 Å². The van der Waals surface area contributed by atoms with Crippen molar-refractivity contribution in [1.82, 2.24) is 0 Å². The van der Waals surface area contributed by atoms with Gasteiger partial charge in [0, 0.05) is 17.2 Å². The number of benzene rings is 3. The third-order valence-electron chi connectivity index (χ3n) is 7.64. The third-order valence-corrected chi connectivity index (χ3v) is 7.64. The van der Waals surface area contributed by atoms with E-state index >= 15 is 0 Å². The van der Waals surface area contributed by atoms with Gasteiger partial charge in [-0.1, -0.05) is 48.5 Å². The van der Waals surface area contributed by atoms with E-state index in [1.54, 1.807) is 48.5 Å². The molecule has 0 saturated carbocycles. The van der Waals surface area contributed by atoms with Gasteiger partial charge >= 0.3 is 0 Å². The molecular formula is C29H23NO7. The highest BCUT2D eigenvalue weighted by Crippen LogP contribution is 2.58. The molecule has 3 atom stereocenters. The number of amides is 2. The number of carbonyl (C=O) groups excluding carboxylic acids is 4. The molecule has 0 N–H and O–H groups in total. The fourth-order valence-corrected chi connectivity index (χ4v) is 5.92. The molecule has 8 nitrogen and oxygen atoms in total. The second-order valence-electron chi connectivity index (χ2n) is 9.39. The average molecular weight is 498 g/mol. The highest BCUT2D eigenvalue weighted by Gasteiger charge is 2.74. The number of hydrogen-bond acceptors (Lipinski definition) is 7. The molecule has 2 saturated heterocycles. The van der Waals surface area contributed by atoms with Gasteiger partial charge in [-0.15, -0.1) is 0 Å². The van der Waals surface area contributed by atoms with Crippen LogP contribution in [0.1, 0.15) is 37.9 Å². The van der Waals surface area contributed by atoms with Crippen molar-refractivity contribution in [2.45, 2.75) is 18.6 Å². The lowest BCUT2D eigenvalue weighted by Crippen LogP contribution is -2.51. The van der Waals surface area contributed by atoms with Gasteiger partial charge in [0.25, 0.3) is 0 Å². The summed E-state index contributed by atoms with van der Waals surface area (Å²) in [6, 6.07) is 18.4. The monoisotopic (exact) mass is 497 g/mol. The Morgan fingerprint density at radius 1 is 0.784 bits per heavy atom. The molecule has 2 amide bonds. The molecule has 0 radical (unpaired) electrons. The zero-order valence-electron chi connectivity index (χ0n) is 20.4. The summed E-state index contributed by atoms with van der Waals surface area (Å²) in [6.07, 6.45) is -0.963. The minimum absolute atomic E-state index is 0.196. The topological polar surface area (TPSA) is 99.2 Å². The van der Waals surface area contributed by atoms with Gasteiger partial charge in [0.1, 0.15) is 0 Å². The lowest BCUT2D eigenvalue weighted by molar-refractivity contribution is -0.127. The largest absolute Gasteiger partial charge is 0.493 e. The van der Waals surface area contributed by atoms with Crippen molar-refractivity contribution in [2.24, 2.45) is 11.8 Å². The van der Waals surface area contributed by atoms with Crippen LogP contribution in [0.5, 0.6) is 11.5 Å². The number of aryl methyl sites for hydroxylation is 1. The SMILES string of the molecule is COc1ccc(N2C(=O)[C@H]3[C@@H](c4ccccc4C)OC4(C(=O)c5ccccc5C4=O)[C@H]3C2=O)cc1OC. The maximum absolute atomic E-state index is 14.1. The van der Waals surface area contributed by atoms with Gasteiger partial charge in [-0.05, 0) is 30.2 Å². The van der Waals surface area contributed by atoms with Crippen molar-refractivity contribution in [3.8, 4) is 11.5 Å². The van der Waals surface area contributed by atoms with E-state index < -0.39 is 46.9 Å². The summed E-state index contributed by atoms with van der Waals surface area (Å²) in [5.41, 5.74) is 0.0169. The van der Waals surface area contributed by atoms with Crippen molar-refractivity contribution < 1.29 is 33.4 Å². The van der Waals surface area contributed by atoms with Crippen molar-refractivity contribution in [1.29, 1.82) is 0 Å². The minimum Gasteiger partial charge on any atom is -0.493 e. The molecule has 2 aliphatic heterocycles. The number of Topliss-reactive ketones (excluding diaryl/α,β-unsaturated/α-hetero) is 2. The summed E-state index contributed by atoms with van der Waals surface area (Å²) < 4.78 is 17.0. The Bertz CT molecular complexity index is 1470. The van der Waals surface area contributed by atoms with Crippen LogP contribution < -0.4 is 14.4 Å². The maximum atomic E-state index is 14.1. The first-order valence-corrected chi connectivity index (χ1v) is 11.9. The standard InChI is InChI=1S/C29H23NO7/c1-15-8-4-5-9-17(15)24-22-23(29(37-24)25(31)18-10-6-7-11-19(18)26(29)32)28(34)30(27(22)33)16-12-13-20(35-2)21(14-16)36-3/h4-14,22-24H,1-3H3/t22-,23-,24-/m1/s1. The Kier molecular flexibility index (Phi) is 5.07. The summed E-state index contributed by atoms with van der Waals surface area (Å²) in [5, 5.41) is 0. The number of nitrogens with zero attached hydrogens (tertiary/aromatic N) is 1. The Morgan fingerprint density at radius 3 is 2.03 bits per heavy atom. The lowest BCUT2D eigenvalue weighted by atomic mass is 9.77. The highest BCUT2D eigenvalue weighted by molar-refractivity contribution is 6.37. The van der Waals surface area contributed by atoms with Gasteiger partial charge in [-0.2, -0.15) is 0 Å². The Balaban J connectivity index is 1.54. The van der Waals surface area contributed by atoms with Gasteiger partial charge in [-0.25, -0.2) is 4.90 Å². The first-order chi connectivity index (χ1) is 17.8. The third kappa shape index (κ3) is 2.93. The Labute approximate surface area is 212 Å².